The van der Waals surface area contributed by atoms with Crippen LogP contribution in [0.2, 0.25) is 0 Å². The number of methoxy groups -OCH3 is 1. The quantitative estimate of drug-likeness (QED) is 0.634. The molecule has 1 saturated carbocycles. The number of ether oxygens (including phenoxy) is 1. The zero-order valence-electron chi connectivity index (χ0n) is 18.4. The van der Waals surface area contributed by atoms with Gasteiger partial charge in [-0.2, -0.15) is 12.6 Å². The van der Waals surface area contributed by atoms with Crippen molar-refractivity contribution in [3.8, 4) is 17.0 Å². The van der Waals surface area contributed by atoms with Crippen molar-refractivity contribution in [3.05, 3.63) is 36.3 Å². The second-order valence-corrected chi connectivity index (χ2v) is 9.16. The van der Waals surface area contributed by atoms with Crippen molar-refractivity contribution in [2.24, 2.45) is 11.7 Å². The van der Waals surface area contributed by atoms with Crippen LogP contribution in [0.3, 0.4) is 0 Å². The minimum atomic E-state index is -0.573. The maximum Gasteiger partial charge on any atom is 0.241 e. The van der Waals surface area contributed by atoms with Crippen LogP contribution < -0.4 is 10.5 Å². The number of amides is 1. The van der Waals surface area contributed by atoms with Crippen LogP contribution in [-0.4, -0.2) is 45.8 Å². The molecule has 1 aliphatic heterocycles. The lowest BCUT2D eigenvalue weighted by molar-refractivity contribution is -0.136. The van der Waals surface area contributed by atoms with Crippen molar-refractivity contribution in [1.82, 2.24) is 14.5 Å². The van der Waals surface area contributed by atoms with E-state index in [0.717, 1.165) is 48.1 Å². The molecule has 0 unspecified atom stereocenters. The minimum Gasteiger partial charge on any atom is -0.496 e. The fraction of sp³-hybridized carbons (Fsp3) is 0.583. The van der Waals surface area contributed by atoms with Gasteiger partial charge in [0.15, 0.2) is 0 Å². The van der Waals surface area contributed by atoms with Crippen LogP contribution in [0.15, 0.2) is 30.5 Å². The number of rotatable bonds is 7. The lowest BCUT2D eigenvalue weighted by Crippen LogP contribution is -2.50. The SMILES string of the molecule is COc1ccccc1-c1cn2c(n1)[C@H](CCC1CCCCC1)N(C(=O)[C@@H](N)CS)CC2. The molecule has 0 spiro atoms. The molecule has 0 radical (unpaired) electrons. The lowest BCUT2D eigenvalue weighted by atomic mass is 9.85. The highest BCUT2D eigenvalue weighted by Gasteiger charge is 2.35. The van der Waals surface area contributed by atoms with E-state index in [-0.39, 0.29) is 11.9 Å². The second kappa shape index (κ2) is 10.1. The first kappa shape index (κ1) is 22.2. The normalized spacial score (nSPS) is 20.4. The van der Waals surface area contributed by atoms with E-state index < -0.39 is 6.04 Å². The topological polar surface area (TPSA) is 73.4 Å². The number of nitrogens with two attached hydrogens (primary N) is 1. The number of benzene rings is 1. The molecule has 2 N–H and O–H groups in total. The fourth-order valence-corrected chi connectivity index (χ4v) is 5.24. The maximum absolute atomic E-state index is 13.1. The molecule has 1 amide bonds. The standard InChI is InChI=1S/C24H34N4O2S/c1-30-22-10-6-5-9-18(22)20-15-27-13-14-28(24(29)19(25)16-31)21(23(27)26-20)12-11-17-7-3-2-4-8-17/h5-6,9-10,15,17,19,21,31H,2-4,7-8,11-14,16,25H2,1H3/t19-,21-/m0/s1. The molecule has 0 bridgehead atoms. The first-order valence-electron chi connectivity index (χ1n) is 11.5. The number of nitrogens with zero attached hydrogens (tertiary/aromatic N) is 3. The summed E-state index contributed by atoms with van der Waals surface area (Å²) in [5.41, 5.74) is 7.96. The van der Waals surface area contributed by atoms with Gasteiger partial charge in [0.2, 0.25) is 5.91 Å². The van der Waals surface area contributed by atoms with Crippen LogP contribution in [0, 0.1) is 5.92 Å². The summed E-state index contributed by atoms with van der Waals surface area (Å²) in [6.45, 7) is 1.38. The Balaban J connectivity index is 1.63. The Morgan fingerprint density at radius 1 is 1.23 bits per heavy atom. The molecule has 168 valence electrons. The number of fused-ring (bicyclic) bond motifs is 1. The van der Waals surface area contributed by atoms with E-state index >= 15 is 0 Å². The van der Waals surface area contributed by atoms with Crippen LogP contribution >= 0.6 is 12.6 Å². The van der Waals surface area contributed by atoms with Gasteiger partial charge in [0, 0.05) is 30.6 Å². The summed E-state index contributed by atoms with van der Waals surface area (Å²) in [5.74, 6) is 2.86. The largest absolute Gasteiger partial charge is 0.496 e. The van der Waals surface area contributed by atoms with E-state index in [4.69, 9.17) is 15.5 Å². The molecular formula is C24H34N4O2S. The van der Waals surface area contributed by atoms with E-state index in [2.05, 4.69) is 23.4 Å². The van der Waals surface area contributed by atoms with Gasteiger partial charge in [0.25, 0.3) is 0 Å². The average Bonchev–Trinajstić information content (AvgIpc) is 3.26. The zero-order chi connectivity index (χ0) is 21.8. The Labute approximate surface area is 190 Å². The van der Waals surface area contributed by atoms with E-state index in [1.54, 1.807) is 7.11 Å². The Kier molecular flexibility index (Phi) is 7.23. The van der Waals surface area contributed by atoms with E-state index in [0.29, 0.717) is 12.3 Å². The summed E-state index contributed by atoms with van der Waals surface area (Å²) in [6.07, 6.45) is 10.8. The summed E-state index contributed by atoms with van der Waals surface area (Å²) >= 11 is 4.26. The summed E-state index contributed by atoms with van der Waals surface area (Å²) in [4.78, 5) is 20.1. The highest BCUT2D eigenvalue weighted by molar-refractivity contribution is 7.80. The van der Waals surface area contributed by atoms with Crippen LogP contribution in [0.1, 0.15) is 56.8 Å². The molecular weight excluding hydrogens is 408 g/mol. The molecule has 2 heterocycles. The third-order valence-corrected chi connectivity index (χ3v) is 7.21. The summed E-state index contributed by atoms with van der Waals surface area (Å²) in [7, 11) is 1.68. The van der Waals surface area contributed by atoms with E-state index in [1.807, 2.05) is 29.2 Å². The van der Waals surface area contributed by atoms with Gasteiger partial charge < -0.3 is 19.9 Å². The van der Waals surface area contributed by atoms with Gasteiger partial charge in [-0.05, 0) is 30.9 Å². The molecule has 4 rings (SSSR count). The average molecular weight is 443 g/mol. The molecule has 1 aliphatic carbocycles. The van der Waals surface area contributed by atoms with Crippen LogP contribution in [-0.2, 0) is 11.3 Å². The van der Waals surface area contributed by atoms with Crippen molar-refractivity contribution in [2.45, 2.75) is 63.6 Å². The van der Waals surface area contributed by atoms with Gasteiger partial charge in [0.05, 0.1) is 24.9 Å². The number of carbonyl (C=O) groups is 1. The second-order valence-electron chi connectivity index (χ2n) is 8.80. The van der Waals surface area contributed by atoms with Gasteiger partial charge >= 0.3 is 0 Å². The van der Waals surface area contributed by atoms with Gasteiger partial charge in [-0.3, -0.25) is 4.79 Å². The van der Waals surface area contributed by atoms with Crippen LogP contribution in [0.25, 0.3) is 11.3 Å². The van der Waals surface area contributed by atoms with E-state index in [9.17, 15) is 4.79 Å². The fourth-order valence-electron chi connectivity index (χ4n) is 5.08. The number of aromatic nitrogens is 2. The predicted octanol–water partition coefficient (Wildman–Crippen LogP) is 4.06. The number of hydrogen-bond donors (Lipinski definition) is 2. The molecule has 6 nitrogen and oxygen atoms in total. The third-order valence-electron chi connectivity index (χ3n) is 6.82. The first-order valence-corrected chi connectivity index (χ1v) is 12.1. The highest BCUT2D eigenvalue weighted by atomic mass is 32.1. The molecule has 2 atom stereocenters. The smallest absolute Gasteiger partial charge is 0.241 e. The molecule has 0 saturated heterocycles. The number of hydrogen-bond acceptors (Lipinski definition) is 5. The molecule has 7 heteroatoms. The highest BCUT2D eigenvalue weighted by Crippen LogP contribution is 2.37. The van der Waals surface area contributed by atoms with E-state index in [1.165, 1.54) is 32.1 Å². The molecule has 2 aromatic rings. The molecule has 1 aromatic carbocycles. The Morgan fingerprint density at radius 2 is 2.00 bits per heavy atom. The van der Waals surface area contributed by atoms with Crippen molar-refractivity contribution in [3.63, 3.8) is 0 Å². The lowest BCUT2D eigenvalue weighted by Gasteiger charge is -2.38. The Bertz CT molecular complexity index is 893. The van der Waals surface area contributed by atoms with Gasteiger partial charge in [0.1, 0.15) is 11.6 Å². The predicted molar refractivity (Wildman–Crippen MR) is 126 cm³/mol. The molecule has 1 aromatic heterocycles. The van der Waals surface area contributed by atoms with Crippen LogP contribution in [0.4, 0.5) is 0 Å². The Hall–Kier alpha value is -1.99. The Morgan fingerprint density at radius 3 is 2.74 bits per heavy atom. The summed E-state index contributed by atoms with van der Waals surface area (Å²) < 4.78 is 7.76. The summed E-state index contributed by atoms with van der Waals surface area (Å²) in [5, 5.41) is 0. The number of imidazole rings is 1. The maximum atomic E-state index is 13.1. The van der Waals surface area contributed by atoms with Crippen molar-refractivity contribution in [1.29, 1.82) is 0 Å². The number of carbonyl (C=O) groups excluding carboxylic acids is 1. The third kappa shape index (κ3) is 4.77. The minimum absolute atomic E-state index is 0.0169. The number of thiol groups is 1. The summed E-state index contributed by atoms with van der Waals surface area (Å²) in [6, 6.07) is 7.33. The van der Waals surface area contributed by atoms with Gasteiger partial charge in [-0.15, -0.1) is 0 Å². The number of para-hydroxylation sites is 1. The van der Waals surface area contributed by atoms with Gasteiger partial charge in [-0.1, -0.05) is 44.2 Å². The van der Waals surface area contributed by atoms with Crippen molar-refractivity contribution < 1.29 is 9.53 Å². The zero-order valence-corrected chi connectivity index (χ0v) is 19.3. The van der Waals surface area contributed by atoms with Gasteiger partial charge in [-0.25, -0.2) is 4.98 Å². The van der Waals surface area contributed by atoms with Crippen LogP contribution in [0.5, 0.6) is 5.75 Å². The molecule has 31 heavy (non-hydrogen) atoms. The molecule has 1 fully saturated rings. The molecule has 2 aliphatic rings. The first-order chi connectivity index (χ1) is 15.1. The monoisotopic (exact) mass is 442 g/mol. The van der Waals surface area contributed by atoms with Crippen molar-refractivity contribution in [2.75, 3.05) is 19.4 Å². The van der Waals surface area contributed by atoms with Crippen molar-refractivity contribution >= 4 is 18.5 Å².